The van der Waals surface area contributed by atoms with Crippen molar-refractivity contribution in [1.82, 2.24) is 25.5 Å². The van der Waals surface area contributed by atoms with Gasteiger partial charge in [-0.2, -0.15) is 4.80 Å². The van der Waals surface area contributed by atoms with Gasteiger partial charge >= 0.3 is 5.97 Å². The number of nitrogens with zero attached hydrogens (tertiary/aromatic N) is 4. The minimum Gasteiger partial charge on any atom is -0.465 e. The summed E-state index contributed by atoms with van der Waals surface area (Å²) in [5.74, 6) is -0.763. The van der Waals surface area contributed by atoms with Crippen LogP contribution in [0.2, 0.25) is 0 Å². The second kappa shape index (κ2) is 8.17. The molecular weight excluding hydrogens is 353 g/mol. The molecule has 1 N–H and O–H groups in total. The van der Waals surface area contributed by atoms with Gasteiger partial charge in [-0.15, -0.1) is 10.2 Å². The van der Waals surface area contributed by atoms with Crippen LogP contribution in [0, 0.1) is 5.82 Å². The molecule has 2 aromatic carbocycles. The van der Waals surface area contributed by atoms with Crippen molar-refractivity contribution in [3.05, 3.63) is 65.5 Å². The zero-order valence-electron chi connectivity index (χ0n) is 14.4. The molecule has 27 heavy (non-hydrogen) atoms. The average molecular weight is 369 g/mol. The molecule has 138 valence electrons. The molecule has 0 spiro atoms. The molecule has 9 heteroatoms. The predicted molar refractivity (Wildman–Crippen MR) is 92.8 cm³/mol. The van der Waals surface area contributed by atoms with Gasteiger partial charge in [0.15, 0.2) is 0 Å². The van der Waals surface area contributed by atoms with E-state index in [2.05, 4.69) is 25.5 Å². The zero-order chi connectivity index (χ0) is 19.2. The van der Waals surface area contributed by atoms with Crippen LogP contribution in [-0.2, 0) is 22.6 Å². The second-order valence-corrected chi connectivity index (χ2v) is 5.62. The van der Waals surface area contributed by atoms with Gasteiger partial charge in [-0.05, 0) is 47.2 Å². The number of halogens is 1. The average Bonchev–Trinajstić information content (AvgIpc) is 3.15. The van der Waals surface area contributed by atoms with Gasteiger partial charge < -0.3 is 10.1 Å². The molecule has 0 bridgehead atoms. The van der Waals surface area contributed by atoms with Crippen molar-refractivity contribution >= 4 is 11.9 Å². The fourth-order valence-corrected chi connectivity index (χ4v) is 2.29. The molecule has 8 nitrogen and oxygen atoms in total. The number of hydrogen-bond donors (Lipinski definition) is 1. The van der Waals surface area contributed by atoms with E-state index in [1.54, 1.807) is 24.3 Å². The van der Waals surface area contributed by atoms with Crippen molar-refractivity contribution in [3.8, 4) is 11.4 Å². The molecule has 3 rings (SSSR count). The molecule has 1 aromatic heterocycles. The van der Waals surface area contributed by atoms with Gasteiger partial charge in [-0.1, -0.05) is 12.1 Å². The summed E-state index contributed by atoms with van der Waals surface area (Å²) in [4.78, 5) is 24.6. The maximum Gasteiger partial charge on any atom is 0.337 e. The molecule has 0 unspecified atom stereocenters. The van der Waals surface area contributed by atoms with Crippen LogP contribution in [0.1, 0.15) is 15.9 Å². The molecule has 0 radical (unpaired) electrons. The number of hydrogen-bond acceptors (Lipinski definition) is 6. The quantitative estimate of drug-likeness (QED) is 0.663. The summed E-state index contributed by atoms with van der Waals surface area (Å²) >= 11 is 0. The lowest BCUT2D eigenvalue weighted by molar-refractivity contribution is -0.122. The first-order chi connectivity index (χ1) is 13.0. The summed E-state index contributed by atoms with van der Waals surface area (Å²) < 4.78 is 17.6. The number of benzene rings is 2. The van der Waals surface area contributed by atoms with Gasteiger partial charge in [0.1, 0.15) is 12.4 Å². The summed E-state index contributed by atoms with van der Waals surface area (Å²) in [5.41, 5.74) is 1.87. The molecule has 3 aromatic rings. The predicted octanol–water partition coefficient (Wildman–Crippen LogP) is 1.58. The Morgan fingerprint density at radius 3 is 2.48 bits per heavy atom. The summed E-state index contributed by atoms with van der Waals surface area (Å²) in [6.45, 7) is 0.189. The minimum absolute atomic E-state index is 0.103. The Morgan fingerprint density at radius 1 is 1.11 bits per heavy atom. The molecular formula is C18H16FN5O3. The highest BCUT2D eigenvalue weighted by atomic mass is 19.1. The second-order valence-electron chi connectivity index (χ2n) is 5.62. The van der Waals surface area contributed by atoms with Crippen molar-refractivity contribution < 1.29 is 18.7 Å². The molecule has 0 fully saturated rings. The Kier molecular flexibility index (Phi) is 5.50. The maximum atomic E-state index is 12.9. The first kappa shape index (κ1) is 18.2. The summed E-state index contributed by atoms with van der Waals surface area (Å²) in [6, 6.07) is 12.4. The highest BCUT2D eigenvalue weighted by Crippen LogP contribution is 2.13. The van der Waals surface area contributed by atoms with Crippen molar-refractivity contribution in [2.75, 3.05) is 7.11 Å². The number of aromatic nitrogens is 4. The van der Waals surface area contributed by atoms with Crippen molar-refractivity contribution in [2.24, 2.45) is 0 Å². The Labute approximate surface area is 154 Å². The van der Waals surface area contributed by atoms with Gasteiger partial charge in [-0.25, -0.2) is 9.18 Å². The lowest BCUT2D eigenvalue weighted by Crippen LogP contribution is -2.28. The number of carbonyl (C=O) groups is 2. The number of amides is 1. The van der Waals surface area contributed by atoms with E-state index in [1.807, 2.05) is 0 Å². The van der Waals surface area contributed by atoms with Crippen LogP contribution in [0.15, 0.2) is 48.5 Å². The number of rotatable bonds is 6. The highest BCUT2D eigenvalue weighted by Gasteiger charge is 2.10. The van der Waals surface area contributed by atoms with E-state index in [9.17, 15) is 14.0 Å². The minimum atomic E-state index is -0.417. The third-order valence-corrected chi connectivity index (χ3v) is 3.71. The number of tetrazole rings is 1. The molecule has 0 saturated heterocycles. The first-order valence-corrected chi connectivity index (χ1v) is 8.03. The van der Waals surface area contributed by atoms with Crippen LogP contribution in [-0.4, -0.2) is 39.2 Å². The first-order valence-electron chi connectivity index (χ1n) is 8.03. The van der Waals surface area contributed by atoms with Crippen molar-refractivity contribution in [2.45, 2.75) is 13.1 Å². The van der Waals surface area contributed by atoms with Crippen LogP contribution in [0.3, 0.4) is 0 Å². The monoisotopic (exact) mass is 369 g/mol. The Bertz CT molecular complexity index is 938. The fourth-order valence-electron chi connectivity index (χ4n) is 2.29. The van der Waals surface area contributed by atoms with Gasteiger partial charge in [0.2, 0.25) is 11.7 Å². The number of methoxy groups -OCH3 is 1. The van der Waals surface area contributed by atoms with E-state index in [4.69, 9.17) is 0 Å². The molecule has 1 amide bonds. The highest BCUT2D eigenvalue weighted by molar-refractivity contribution is 5.89. The van der Waals surface area contributed by atoms with Gasteiger partial charge in [0, 0.05) is 12.1 Å². The molecule has 0 atom stereocenters. The molecule has 0 saturated carbocycles. The Morgan fingerprint density at radius 2 is 1.81 bits per heavy atom. The van der Waals surface area contributed by atoms with E-state index in [-0.39, 0.29) is 18.3 Å². The van der Waals surface area contributed by atoms with Gasteiger partial charge in [-0.3, -0.25) is 4.79 Å². The van der Waals surface area contributed by atoms with E-state index >= 15 is 0 Å². The third-order valence-electron chi connectivity index (χ3n) is 3.71. The fraction of sp³-hybridized carbons (Fsp3) is 0.167. The van der Waals surface area contributed by atoms with Gasteiger partial charge in [0.25, 0.3) is 0 Å². The smallest absolute Gasteiger partial charge is 0.337 e. The lowest BCUT2D eigenvalue weighted by Gasteiger charge is -2.05. The molecule has 1 heterocycles. The number of ether oxygens (including phenoxy) is 1. The summed E-state index contributed by atoms with van der Waals surface area (Å²) in [5, 5.41) is 14.5. The summed E-state index contributed by atoms with van der Waals surface area (Å²) in [7, 11) is 1.32. The number of nitrogens with one attached hydrogen (secondary N) is 1. The SMILES string of the molecule is COC(=O)c1ccc(CNC(=O)Cn2nnc(-c3ccc(F)cc3)n2)cc1. The normalized spacial score (nSPS) is 10.4. The largest absolute Gasteiger partial charge is 0.465 e. The van der Waals surface area contributed by atoms with E-state index in [0.717, 1.165) is 10.4 Å². The summed E-state index contributed by atoms with van der Waals surface area (Å²) in [6.07, 6.45) is 0. The Hall–Kier alpha value is -3.62. The van der Waals surface area contributed by atoms with Crippen LogP contribution < -0.4 is 5.32 Å². The molecule has 0 aliphatic heterocycles. The standard InChI is InChI=1S/C18H16FN5O3/c1-27-18(26)14-4-2-12(3-5-14)10-20-16(25)11-24-22-17(21-23-24)13-6-8-15(19)9-7-13/h2-9H,10-11H2,1H3,(H,20,25). The zero-order valence-corrected chi connectivity index (χ0v) is 14.4. The number of carbonyl (C=O) groups excluding carboxylic acids is 2. The van der Waals surface area contributed by atoms with Crippen LogP contribution >= 0.6 is 0 Å². The van der Waals surface area contributed by atoms with E-state index in [0.29, 0.717) is 23.5 Å². The van der Waals surface area contributed by atoms with Crippen molar-refractivity contribution in [3.63, 3.8) is 0 Å². The Balaban J connectivity index is 1.54. The molecule has 0 aliphatic carbocycles. The number of esters is 1. The van der Waals surface area contributed by atoms with E-state index in [1.165, 1.54) is 31.4 Å². The van der Waals surface area contributed by atoms with Crippen LogP contribution in [0.25, 0.3) is 11.4 Å². The van der Waals surface area contributed by atoms with Crippen LogP contribution in [0.5, 0.6) is 0 Å². The van der Waals surface area contributed by atoms with Gasteiger partial charge in [0.05, 0.1) is 12.7 Å². The lowest BCUT2D eigenvalue weighted by atomic mass is 10.1. The van der Waals surface area contributed by atoms with Crippen LogP contribution in [0.4, 0.5) is 4.39 Å². The topological polar surface area (TPSA) is 99.0 Å². The third kappa shape index (κ3) is 4.72. The van der Waals surface area contributed by atoms with Crippen molar-refractivity contribution in [1.29, 1.82) is 0 Å². The molecule has 0 aliphatic rings. The maximum absolute atomic E-state index is 12.9. The van der Waals surface area contributed by atoms with E-state index < -0.39 is 5.97 Å².